The first-order chi connectivity index (χ1) is 8.25. The van der Waals surface area contributed by atoms with E-state index < -0.39 is 0 Å². The molecule has 0 aliphatic heterocycles. The summed E-state index contributed by atoms with van der Waals surface area (Å²) in [6, 6.07) is 7.33. The van der Waals surface area contributed by atoms with Crippen LogP contribution in [0, 0.1) is 0 Å². The van der Waals surface area contributed by atoms with Gasteiger partial charge in [0, 0.05) is 10.6 Å². The largest absolute Gasteiger partial charge is 0.381 e. The summed E-state index contributed by atoms with van der Waals surface area (Å²) < 4.78 is 0. The van der Waals surface area contributed by atoms with Crippen molar-refractivity contribution >= 4 is 28.5 Å². The van der Waals surface area contributed by atoms with Gasteiger partial charge in [-0.25, -0.2) is 0 Å². The first-order valence-corrected chi connectivity index (χ1v) is 5.22. The van der Waals surface area contributed by atoms with Gasteiger partial charge in [-0.1, -0.05) is 23.7 Å². The molecule has 0 unspecified atom stereocenters. The zero-order valence-corrected chi connectivity index (χ0v) is 9.31. The van der Waals surface area contributed by atoms with Gasteiger partial charge in [-0.2, -0.15) is 5.10 Å². The molecular weight excluding hydrogens is 240 g/mol. The van der Waals surface area contributed by atoms with E-state index in [0.29, 0.717) is 21.9 Å². The summed E-state index contributed by atoms with van der Waals surface area (Å²) in [6.45, 7) is 0. The predicted octanol–water partition coefficient (Wildman–Crippen LogP) is 1.65. The van der Waals surface area contributed by atoms with Crippen LogP contribution in [0.1, 0.15) is 0 Å². The van der Waals surface area contributed by atoms with E-state index >= 15 is 0 Å². The lowest BCUT2D eigenvalue weighted by molar-refractivity contribution is 0.891. The van der Waals surface area contributed by atoms with Crippen LogP contribution in [0.5, 0.6) is 0 Å². The molecule has 6 nitrogen and oxygen atoms in total. The molecule has 0 aliphatic carbocycles. The number of aromatic amines is 1. The number of halogens is 1. The van der Waals surface area contributed by atoms with Crippen LogP contribution in [0.3, 0.4) is 0 Å². The zero-order chi connectivity index (χ0) is 11.8. The third-order valence-corrected chi connectivity index (χ3v) is 2.68. The summed E-state index contributed by atoms with van der Waals surface area (Å²) >= 11 is 5.84. The van der Waals surface area contributed by atoms with Crippen LogP contribution in [-0.4, -0.2) is 25.6 Å². The molecule has 0 aliphatic rings. The number of anilines is 1. The highest BCUT2D eigenvalue weighted by atomic mass is 35.5. The summed E-state index contributed by atoms with van der Waals surface area (Å²) in [4.78, 5) is 0. The van der Waals surface area contributed by atoms with Crippen LogP contribution in [0.15, 0.2) is 24.3 Å². The number of rotatable bonds is 1. The molecule has 2 aromatic heterocycles. The molecule has 0 amide bonds. The van der Waals surface area contributed by atoms with Crippen molar-refractivity contribution in [1.82, 2.24) is 25.6 Å². The number of nitrogens with one attached hydrogen (secondary N) is 1. The standard InChI is InChI=1S/C10H7ClN6/c11-6-3-1-5(2-4-6)8-7-9(12)14-17-16-10(7)15-13-8/h1-4H,(H3,12,13,14,15,16). The fourth-order valence-corrected chi connectivity index (χ4v) is 1.76. The minimum Gasteiger partial charge on any atom is -0.381 e. The molecule has 1 aromatic carbocycles. The van der Waals surface area contributed by atoms with Crippen LogP contribution in [0.25, 0.3) is 22.3 Å². The molecule has 0 fully saturated rings. The lowest BCUT2D eigenvalue weighted by Crippen LogP contribution is -1.96. The number of aromatic nitrogens is 5. The maximum absolute atomic E-state index is 5.84. The second-order valence-electron chi connectivity index (χ2n) is 3.48. The molecule has 7 heteroatoms. The van der Waals surface area contributed by atoms with Gasteiger partial charge < -0.3 is 5.73 Å². The normalized spacial score (nSPS) is 10.9. The van der Waals surface area contributed by atoms with Crippen LogP contribution >= 0.6 is 11.6 Å². The molecule has 0 saturated heterocycles. The van der Waals surface area contributed by atoms with E-state index in [-0.39, 0.29) is 0 Å². The molecule has 0 atom stereocenters. The van der Waals surface area contributed by atoms with Crippen molar-refractivity contribution in [1.29, 1.82) is 0 Å². The first kappa shape index (κ1) is 9.98. The Labute approximate surface area is 101 Å². The minimum atomic E-state index is 0.300. The highest BCUT2D eigenvalue weighted by Gasteiger charge is 2.12. The molecule has 84 valence electrons. The molecule has 17 heavy (non-hydrogen) atoms. The number of nitrogens with zero attached hydrogens (tertiary/aromatic N) is 4. The topological polar surface area (TPSA) is 93.4 Å². The van der Waals surface area contributed by atoms with Crippen molar-refractivity contribution < 1.29 is 0 Å². The Kier molecular flexibility index (Phi) is 2.15. The number of fused-ring (bicyclic) bond motifs is 1. The molecular formula is C10H7ClN6. The van der Waals surface area contributed by atoms with Gasteiger partial charge in [0.1, 0.15) is 0 Å². The summed E-state index contributed by atoms with van der Waals surface area (Å²) in [5.41, 5.74) is 7.89. The van der Waals surface area contributed by atoms with Crippen molar-refractivity contribution in [2.75, 3.05) is 5.73 Å². The van der Waals surface area contributed by atoms with Gasteiger partial charge in [0.05, 0.1) is 11.1 Å². The molecule has 0 saturated carbocycles. The van der Waals surface area contributed by atoms with Gasteiger partial charge in [-0.05, 0) is 17.3 Å². The average molecular weight is 247 g/mol. The summed E-state index contributed by atoms with van der Waals surface area (Å²) in [7, 11) is 0. The quantitative estimate of drug-likeness (QED) is 0.681. The van der Waals surface area contributed by atoms with Crippen LogP contribution < -0.4 is 5.73 Å². The highest BCUT2D eigenvalue weighted by molar-refractivity contribution is 6.30. The van der Waals surface area contributed by atoms with Gasteiger partial charge in [0.25, 0.3) is 0 Å². The van der Waals surface area contributed by atoms with Crippen LogP contribution in [-0.2, 0) is 0 Å². The molecule has 0 spiro atoms. The minimum absolute atomic E-state index is 0.300. The fourth-order valence-electron chi connectivity index (χ4n) is 1.64. The number of H-pyrrole nitrogens is 1. The monoisotopic (exact) mass is 246 g/mol. The van der Waals surface area contributed by atoms with Crippen molar-refractivity contribution in [2.24, 2.45) is 0 Å². The van der Waals surface area contributed by atoms with E-state index in [0.717, 1.165) is 11.3 Å². The van der Waals surface area contributed by atoms with E-state index in [1.807, 2.05) is 12.1 Å². The first-order valence-electron chi connectivity index (χ1n) is 4.84. The summed E-state index contributed by atoms with van der Waals surface area (Å²) in [5, 5.41) is 19.3. The number of benzene rings is 1. The van der Waals surface area contributed by atoms with Gasteiger partial charge in [0.2, 0.25) is 5.65 Å². The van der Waals surface area contributed by atoms with Gasteiger partial charge in [-0.15, -0.1) is 10.2 Å². The third-order valence-electron chi connectivity index (χ3n) is 2.43. The Morgan fingerprint density at radius 3 is 2.65 bits per heavy atom. The van der Waals surface area contributed by atoms with E-state index in [9.17, 15) is 0 Å². The van der Waals surface area contributed by atoms with Gasteiger partial charge >= 0.3 is 0 Å². The molecule has 3 N–H and O–H groups in total. The van der Waals surface area contributed by atoms with Crippen LogP contribution in [0.4, 0.5) is 5.82 Å². The Morgan fingerprint density at radius 1 is 1.12 bits per heavy atom. The maximum Gasteiger partial charge on any atom is 0.208 e. The maximum atomic E-state index is 5.84. The van der Waals surface area contributed by atoms with Crippen molar-refractivity contribution in [3.8, 4) is 11.3 Å². The number of nitrogens with two attached hydrogens (primary N) is 1. The predicted molar refractivity (Wildman–Crippen MR) is 64.3 cm³/mol. The summed E-state index contributed by atoms with van der Waals surface area (Å²) in [6.07, 6.45) is 0. The van der Waals surface area contributed by atoms with E-state index in [2.05, 4.69) is 25.6 Å². The second-order valence-corrected chi connectivity index (χ2v) is 3.92. The Balaban J connectivity index is 2.27. The van der Waals surface area contributed by atoms with Crippen molar-refractivity contribution in [3.05, 3.63) is 29.3 Å². The molecule has 2 heterocycles. The van der Waals surface area contributed by atoms with Gasteiger partial charge in [-0.3, -0.25) is 5.10 Å². The van der Waals surface area contributed by atoms with E-state index in [1.54, 1.807) is 12.1 Å². The fraction of sp³-hybridized carbons (Fsp3) is 0. The van der Waals surface area contributed by atoms with E-state index in [4.69, 9.17) is 17.3 Å². The molecule has 0 radical (unpaired) electrons. The zero-order valence-electron chi connectivity index (χ0n) is 8.55. The molecule has 3 aromatic rings. The number of nitrogen functional groups attached to an aromatic ring is 1. The lowest BCUT2D eigenvalue weighted by atomic mass is 10.1. The molecule has 3 rings (SSSR count). The van der Waals surface area contributed by atoms with Gasteiger partial charge in [0.15, 0.2) is 5.82 Å². The second kappa shape index (κ2) is 3.67. The lowest BCUT2D eigenvalue weighted by Gasteiger charge is -1.99. The number of hydrogen-bond donors (Lipinski definition) is 2. The third kappa shape index (κ3) is 1.58. The van der Waals surface area contributed by atoms with E-state index in [1.165, 1.54) is 0 Å². The van der Waals surface area contributed by atoms with Crippen LogP contribution in [0.2, 0.25) is 5.02 Å². The highest BCUT2D eigenvalue weighted by Crippen LogP contribution is 2.28. The Morgan fingerprint density at radius 2 is 1.88 bits per heavy atom. The summed E-state index contributed by atoms with van der Waals surface area (Å²) in [5.74, 6) is 0.300. The SMILES string of the molecule is Nc1nnnc2n[nH]c(-c3ccc(Cl)cc3)c12. The molecule has 0 bridgehead atoms. The van der Waals surface area contributed by atoms with Crippen molar-refractivity contribution in [2.45, 2.75) is 0 Å². The Bertz CT molecular complexity index is 675. The van der Waals surface area contributed by atoms with Crippen molar-refractivity contribution in [3.63, 3.8) is 0 Å². The number of hydrogen-bond acceptors (Lipinski definition) is 5. The average Bonchev–Trinajstić information content (AvgIpc) is 2.75. The Hall–Kier alpha value is -2.21. The smallest absolute Gasteiger partial charge is 0.208 e.